The van der Waals surface area contributed by atoms with E-state index in [2.05, 4.69) is 10.1 Å². The summed E-state index contributed by atoms with van der Waals surface area (Å²) in [5.74, 6) is -1.06. The van der Waals surface area contributed by atoms with Gasteiger partial charge >= 0.3 is 0 Å². The van der Waals surface area contributed by atoms with Crippen LogP contribution in [0.4, 0.5) is 4.39 Å². The quantitative estimate of drug-likeness (QED) is 0.310. The first-order chi connectivity index (χ1) is 17.5. The molecule has 1 fully saturated rings. The van der Waals surface area contributed by atoms with Crippen molar-refractivity contribution in [2.75, 3.05) is 26.2 Å². The van der Waals surface area contributed by atoms with Crippen molar-refractivity contribution in [1.82, 2.24) is 24.6 Å². The molecule has 36 heavy (non-hydrogen) atoms. The zero-order chi connectivity index (χ0) is 25.1. The van der Waals surface area contributed by atoms with Gasteiger partial charge in [0.25, 0.3) is 5.91 Å². The van der Waals surface area contributed by atoms with E-state index >= 15 is 0 Å². The Balaban J connectivity index is 1.19. The third-order valence-corrected chi connectivity index (χ3v) is 6.22. The number of carbonyl (C=O) groups excluding carboxylic acids is 3. The van der Waals surface area contributed by atoms with Crippen LogP contribution in [0.25, 0.3) is 10.9 Å². The predicted molar refractivity (Wildman–Crippen MR) is 131 cm³/mol. The maximum Gasteiger partial charge on any atom is 0.253 e. The van der Waals surface area contributed by atoms with Crippen LogP contribution in [0.2, 0.25) is 0 Å². The van der Waals surface area contributed by atoms with Gasteiger partial charge in [-0.1, -0.05) is 30.3 Å². The molecule has 0 atom stereocenters. The summed E-state index contributed by atoms with van der Waals surface area (Å²) in [6, 6.07) is 18.7. The van der Waals surface area contributed by atoms with Crippen LogP contribution in [-0.4, -0.2) is 68.3 Å². The molecule has 1 aliphatic heterocycles. The number of Topliss-reactive ketones (excluding diaryl/α,β-unsaturated/α-hetero) is 1. The number of hydrogen-bond acceptors (Lipinski definition) is 5. The van der Waals surface area contributed by atoms with E-state index in [9.17, 15) is 18.8 Å². The van der Waals surface area contributed by atoms with Crippen LogP contribution >= 0.6 is 0 Å². The molecule has 0 unspecified atom stereocenters. The molecule has 5 rings (SSSR count). The number of hydrogen-bond donors (Lipinski definition) is 0. The number of rotatable bonds is 6. The number of benzene rings is 2. The van der Waals surface area contributed by atoms with Gasteiger partial charge in [0.1, 0.15) is 12.2 Å². The van der Waals surface area contributed by atoms with Gasteiger partial charge in [-0.3, -0.25) is 19.1 Å². The molecule has 1 aliphatic rings. The lowest BCUT2D eigenvalue weighted by Gasteiger charge is -2.34. The average molecular weight is 486 g/mol. The molecular weight excluding hydrogens is 461 g/mol. The number of pyridine rings is 1. The number of ketones is 1. The number of aromatic nitrogens is 3. The Hall–Kier alpha value is -4.40. The Morgan fingerprint density at radius 3 is 2.36 bits per heavy atom. The van der Waals surface area contributed by atoms with Gasteiger partial charge in [0.05, 0.1) is 5.52 Å². The minimum atomic E-state index is -0.688. The summed E-state index contributed by atoms with van der Waals surface area (Å²) in [6.07, 6.45) is 1.86. The molecule has 182 valence electrons. The molecule has 1 saturated heterocycles. The van der Waals surface area contributed by atoms with Crippen LogP contribution < -0.4 is 0 Å². The molecule has 0 N–H and O–H groups in total. The molecule has 0 radical (unpaired) electrons. The number of halogens is 1. The Morgan fingerprint density at radius 2 is 1.61 bits per heavy atom. The first kappa shape index (κ1) is 23.3. The van der Waals surface area contributed by atoms with Gasteiger partial charge in [-0.15, -0.1) is 0 Å². The molecular formula is C27H24FN5O3. The SMILES string of the molecule is O=C(Cc1ccc2nn(CC(=O)N3CCN(C(=O)c4ccccc4)CC3)cc2c1)c1cccc(F)n1. The monoisotopic (exact) mass is 485 g/mol. The summed E-state index contributed by atoms with van der Waals surface area (Å²) >= 11 is 0. The van der Waals surface area contributed by atoms with E-state index in [1.165, 1.54) is 18.2 Å². The second-order valence-electron chi connectivity index (χ2n) is 8.70. The summed E-state index contributed by atoms with van der Waals surface area (Å²) < 4.78 is 14.9. The third kappa shape index (κ3) is 5.14. The highest BCUT2D eigenvalue weighted by Crippen LogP contribution is 2.17. The Bertz CT molecular complexity index is 1430. The molecule has 0 bridgehead atoms. The predicted octanol–water partition coefficient (Wildman–Crippen LogP) is 2.98. The van der Waals surface area contributed by atoms with E-state index in [1.807, 2.05) is 24.3 Å². The maximum absolute atomic E-state index is 13.3. The number of nitrogens with zero attached hydrogens (tertiary/aromatic N) is 5. The molecule has 9 heteroatoms. The van der Waals surface area contributed by atoms with Gasteiger partial charge in [0.15, 0.2) is 5.78 Å². The first-order valence-electron chi connectivity index (χ1n) is 11.7. The van der Waals surface area contributed by atoms with Crippen molar-refractivity contribution in [2.45, 2.75) is 13.0 Å². The second kappa shape index (κ2) is 10.1. The number of piperazine rings is 1. The van der Waals surface area contributed by atoms with Crippen molar-refractivity contribution in [1.29, 1.82) is 0 Å². The average Bonchev–Trinajstić information content (AvgIpc) is 3.30. The maximum atomic E-state index is 13.3. The van der Waals surface area contributed by atoms with Crippen molar-refractivity contribution >= 4 is 28.5 Å². The fraction of sp³-hybridized carbons (Fsp3) is 0.222. The van der Waals surface area contributed by atoms with Crippen LogP contribution in [-0.2, 0) is 17.8 Å². The summed E-state index contributed by atoms with van der Waals surface area (Å²) in [6.45, 7) is 2.00. The first-order valence-corrected chi connectivity index (χ1v) is 11.7. The molecule has 3 heterocycles. The van der Waals surface area contributed by atoms with Crippen molar-refractivity contribution in [3.8, 4) is 0 Å². The highest BCUT2D eigenvalue weighted by Gasteiger charge is 2.25. The largest absolute Gasteiger partial charge is 0.338 e. The summed E-state index contributed by atoms with van der Waals surface area (Å²) in [5, 5.41) is 5.28. The third-order valence-electron chi connectivity index (χ3n) is 6.22. The lowest BCUT2D eigenvalue weighted by Crippen LogP contribution is -2.51. The second-order valence-corrected chi connectivity index (χ2v) is 8.70. The number of carbonyl (C=O) groups is 3. The fourth-order valence-electron chi connectivity index (χ4n) is 4.32. The zero-order valence-electron chi connectivity index (χ0n) is 19.5. The van der Waals surface area contributed by atoms with Crippen molar-refractivity contribution in [3.63, 3.8) is 0 Å². The van der Waals surface area contributed by atoms with Crippen LogP contribution in [0.15, 0.2) is 72.9 Å². The lowest BCUT2D eigenvalue weighted by atomic mass is 10.1. The Kier molecular flexibility index (Phi) is 6.53. The van der Waals surface area contributed by atoms with E-state index in [-0.39, 0.29) is 36.3 Å². The van der Waals surface area contributed by atoms with Gasteiger partial charge in [0, 0.05) is 49.7 Å². The summed E-state index contributed by atoms with van der Waals surface area (Å²) in [7, 11) is 0. The van der Waals surface area contributed by atoms with Gasteiger partial charge < -0.3 is 9.80 Å². The van der Waals surface area contributed by atoms with Gasteiger partial charge in [0.2, 0.25) is 11.9 Å². The minimum Gasteiger partial charge on any atom is -0.338 e. The molecule has 0 saturated carbocycles. The van der Waals surface area contributed by atoms with Crippen molar-refractivity contribution in [2.24, 2.45) is 0 Å². The topological polar surface area (TPSA) is 88.4 Å². The van der Waals surface area contributed by atoms with E-state index in [0.29, 0.717) is 37.3 Å². The molecule has 2 aromatic heterocycles. The van der Waals surface area contributed by atoms with Crippen molar-refractivity contribution < 1.29 is 18.8 Å². The molecule has 2 aromatic carbocycles. The smallest absolute Gasteiger partial charge is 0.253 e. The highest BCUT2D eigenvalue weighted by molar-refractivity contribution is 5.96. The molecule has 8 nitrogen and oxygen atoms in total. The van der Waals surface area contributed by atoms with Crippen molar-refractivity contribution in [3.05, 3.63) is 95.7 Å². The normalized spacial score (nSPS) is 13.7. The molecule has 0 aliphatic carbocycles. The number of amides is 2. The molecule has 0 spiro atoms. The van der Waals surface area contributed by atoms with Gasteiger partial charge in [-0.05, 0) is 42.0 Å². The van der Waals surface area contributed by atoms with Crippen LogP contribution in [0.5, 0.6) is 0 Å². The van der Waals surface area contributed by atoms with E-state index in [0.717, 1.165) is 10.9 Å². The standard InChI is InChI=1S/C27H24FN5O3/c28-25-8-4-7-23(29-25)24(34)16-19-9-10-22-21(15-19)17-33(30-22)18-26(35)31-11-13-32(14-12-31)27(36)20-5-2-1-3-6-20/h1-10,15,17H,11-14,16,18H2. The lowest BCUT2D eigenvalue weighted by molar-refractivity contribution is -0.133. The van der Waals surface area contributed by atoms with E-state index in [1.54, 1.807) is 44.9 Å². The van der Waals surface area contributed by atoms with Crippen LogP contribution in [0, 0.1) is 5.95 Å². The highest BCUT2D eigenvalue weighted by atomic mass is 19.1. The summed E-state index contributed by atoms with van der Waals surface area (Å²) in [4.78, 5) is 45.1. The fourth-order valence-corrected chi connectivity index (χ4v) is 4.32. The van der Waals surface area contributed by atoms with Crippen LogP contribution in [0.1, 0.15) is 26.4 Å². The Morgan fingerprint density at radius 1 is 0.861 bits per heavy atom. The number of fused-ring (bicyclic) bond motifs is 1. The van der Waals surface area contributed by atoms with Gasteiger partial charge in [-0.2, -0.15) is 9.49 Å². The minimum absolute atomic E-state index is 0.0245. The summed E-state index contributed by atoms with van der Waals surface area (Å²) in [5.41, 5.74) is 2.19. The Labute approximate surface area is 207 Å². The zero-order valence-corrected chi connectivity index (χ0v) is 19.5. The molecule has 4 aromatic rings. The van der Waals surface area contributed by atoms with E-state index < -0.39 is 5.95 Å². The van der Waals surface area contributed by atoms with E-state index in [4.69, 9.17) is 0 Å². The van der Waals surface area contributed by atoms with Gasteiger partial charge in [-0.25, -0.2) is 4.98 Å². The van der Waals surface area contributed by atoms with Crippen LogP contribution in [0.3, 0.4) is 0 Å². The molecule has 2 amide bonds.